The molecule has 0 amide bonds. The van der Waals surface area contributed by atoms with Crippen molar-refractivity contribution in [2.75, 3.05) is 44.9 Å². The fourth-order valence-electron chi connectivity index (χ4n) is 3.61. The van der Waals surface area contributed by atoms with Crippen LogP contribution in [0.15, 0.2) is 42.9 Å². The smallest absolute Gasteiger partial charge is 0.147 e. The summed E-state index contributed by atoms with van der Waals surface area (Å²) in [6.07, 6.45) is 6.75. The van der Waals surface area contributed by atoms with Crippen LogP contribution in [-0.2, 0) is 6.54 Å². The normalized spacial score (nSPS) is 20.1. The number of nitrogens with zero attached hydrogens (tertiary/aromatic N) is 4. The number of alkyl halides is 1. The summed E-state index contributed by atoms with van der Waals surface area (Å²) in [6.45, 7) is 2.31. The number of hydrogen-bond acceptors (Lipinski definition) is 6. The second-order valence-corrected chi connectivity index (χ2v) is 7.17. The zero-order valence-corrected chi connectivity index (χ0v) is 15.7. The van der Waals surface area contributed by atoms with Crippen molar-refractivity contribution in [3.05, 3.63) is 48.4 Å². The van der Waals surface area contributed by atoms with E-state index in [0.717, 1.165) is 37.3 Å². The molecule has 1 atom stereocenters. The van der Waals surface area contributed by atoms with Gasteiger partial charge in [0.1, 0.15) is 24.8 Å². The summed E-state index contributed by atoms with van der Waals surface area (Å²) in [5, 5.41) is 11.1. The number of ether oxygens (including phenoxy) is 1. The van der Waals surface area contributed by atoms with Crippen LogP contribution in [0.5, 0.6) is 5.75 Å². The number of halogens is 1. The van der Waals surface area contributed by atoms with Gasteiger partial charge in [-0.2, -0.15) is 0 Å². The number of rotatable bonds is 8. The van der Waals surface area contributed by atoms with E-state index in [1.807, 2.05) is 31.3 Å². The number of β-amino-alcohol motifs (C(OH)–C–C–N with tert-alkyl or cyclic N) is 1. The van der Waals surface area contributed by atoms with Crippen LogP contribution in [0.1, 0.15) is 18.4 Å². The van der Waals surface area contributed by atoms with Crippen molar-refractivity contribution in [3.8, 4) is 5.75 Å². The average molecular weight is 374 g/mol. The summed E-state index contributed by atoms with van der Waals surface area (Å²) in [7, 11) is 2.01. The molecule has 1 aliphatic heterocycles. The molecule has 27 heavy (non-hydrogen) atoms. The Hall–Kier alpha value is -2.25. The van der Waals surface area contributed by atoms with Gasteiger partial charge >= 0.3 is 0 Å². The Kier molecular flexibility index (Phi) is 6.58. The van der Waals surface area contributed by atoms with Crippen molar-refractivity contribution in [1.29, 1.82) is 0 Å². The molecule has 0 unspecified atom stereocenters. The lowest BCUT2D eigenvalue weighted by atomic mass is 9.92. The lowest BCUT2D eigenvalue weighted by Crippen LogP contribution is -2.54. The molecule has 1 aromatic heterocycles. The second-order valence-electron chi connectivity index (χ2n) is 7.17. The van der Waals surface area contributed by atoms with Crippen LogP contribution in [0.2, 0.25) is 0 Å². The zero-order valence-electron chi connectivity index (χ0n) is 15.7. The number of aliphatic hydroxyl groups is 1. The molecule has 2 heterocycles. The number of likely N-dealkylation sites (N-methyl/N-ethyl adjacent to an activating group) is 1. The Morgan fingerprint density at radius 2 is 2.11 bits per heavy atom. The van der Waals surface area contributed by atoms with E-state index in [9.17, 15) is 9.50 Å². The molecule has 1 aromatic carbocycles. The van der Waals surface area contributed by atoms with E-state index in [1.54, 1.807) is 18.6 Å². The summed E-state index contributed by atoms with van der Waals surface area (Å²) in [6, 6.07) is 7.65. The molecule has 146 valence electrons. The Bertz CT molecular complexity index is 701. The van der Waals surface area contributed by atoms with Crippen LogP contribution in [0.25, 0.3) is 0 Å². The van der Waals surface area contributed by atoms with Gasteiger partial charge in [0.25, 0.3) is 0 Å². The largest absolute Gasteiger partial charge is 0.491 e. The molecule has 1 fully saturated rings. The number of hydrogen-bond donors (Lipinski definition) is 1. The highest BCUT2D eigenvalue weighted by atomic mass is 19.1. The minimum Gasteiger partial charge on any atom is -0.491 e. The lowest BCUT2D eigenvalue weighted by molar-refractivity contribution is -0.00349. The second kappa shape index (κ2) is 9.10. The lowest BCUT2D eigenvalue weighted by Gasteiger charge is -2.41. The van der Waals surface area contributed by atoms with E-state index in [1.165, 1.54) is 0 Å². The highest BCUT2D eigenvalue weighted by molar-refractivity contribution is 5.36. The van der Waals surface area contributed by atoms with Crippen LogP contribution >= 0.6 is 0 Å². The van der Waals surface area contributed by atoms with Crippen molar-refractivity contribution in [3.63, 3.8) is 0 Å². The van der Waals surface area contributed by atoms with E-state index < -0.39 is 12.3 Å². The number of aromatic nitrogens is 2. The highest BCUT2D eigenvalue weighted by Crippen LogP contribution is 2.25. The molecule has 1 N–H and O–H groups in total. The van der Waals surface area contributed by atoms with Crippen molar-refractivity contribution in [2.45, 2.75) is 25.0 Å². The monoisotopic (exact) mass is 374 g/mol. The third-order valence-corrected chi connectivity index (χ3v) is 4.71. The minimum atomic E-state index is -0.783. The predicted molar refractivity (Wildman–Crippen MR) is 103 cm³/mol. The maximum atomic E-state index is 12.2. The molecule has 0 radical (unpaired) electrons. The van der Waals surface area contributed by atoms with Gasteiger partial charge in [-0.05, 0) is 37.6 Å². The van der Waals surface area contributed by atoms with Gasteiger partial charge in [-0.15, -0.1) is 0 Å². The number of anilines is 1. The van der Waals surface area contributed by atoms with Crippen molar-refractivity contribution < 1.29 is 14.2 Å². The summed E-state index contributed by atoms with van der Waals surface area (Å²) >= 11 is 0. The van der Waals surface area contributed by atoms with Crippen LogP contribution in [0, 0.1) is 0 Å². The quantitative estimate of drug-likeness (QED) is 0.765. The van der Waals surface area contributed by atoms with Gasteiger partial charge in [-0.1, -0.05) is 12.1 Å². The SMILES string of the molecule is CN(Cc1ccc(OCCF)cc1)C[C@]1(O)CCCN(c2cnccn2)C1. The molecule has 0 bridgehead atoms. The summed E-state index contributed by atoms with van der Waals surface area (Å²) in [5.41, 5.74) is 0.338. The summed E-state index contributed by atoms with van der Waals surface area (Å²) < 4.78 is 17.4. The van der Waals surface area contributed by atoms with Crippen molar-refractivity contribution in [1.82, 2.24) is 14.9 Å². The van der Waals surface area contributed by atoms with Gasteiger partial charge in [0.2, 0.25) is 0 Å². The van der Waals surface area contributed by atoms with E-state index >= 15 is 0 Å². The molecule has 1 aliphatic rings. The average Bonchev–Trinajstić information content (AvgIpc) is 2.67. The summed E-state index contributed by atoms with van der Waals surface area (Å²) in [4.78, 5) is 12.7. The maximum Gasteiger partial charge on any atom is 0.147 e. The fraction of sp³-hybridized carbons (Fsp3) is 0.500. The molecule has 0 aliphatic carbocycles. The zero-order chi connectivity index (χ0) is 19.1. The van der Waals surface area contributed by atoms with Crippen molar-refractivity contribution in [2.24, 2.45) is 0 Å². The van der Waals surface area contributed by atoms with Crippen molar-refractivity contribution >= 4 is 5.82 Å². The first-order valence-corrected chi connectivity index (χ1v) is 9.28. The van der Waals surface area contributed by atoms with Crippen LogP contribution in [-0.4, -0.2) is 65.5 Å². The molecule has 1 saturated heterocycles. The predicted octanol–water partition coefficient (Wildman–Crippen LogP) is 2.29. The van der Waals surface area contributed by atoms with E-state index in [2.05, 4.69) is 19.8 Å². The Morgan fingerprint density at radius 1 is 1.30 bits per heavy atom. The molecule has 0 spiro atoms. The number of benzene rings is 1. The molecule has 6 nitrogen and oxygen atoms in total. The van der Waals surface area contributed by atoms with E-state index in [0.29, 0.717) is 18.8 Å². The Morgan fingerprint density at radius 3 is 2.81 bits per heavy atom. The Labute approximate surface area is 159 Å². The van der Waals surface area contributed by atoms with E-state index in [4.69, 9.17) is 4.74 Å². The minimum absolute atomic E-state index is 0.0779. The molecule has 7 heteroatoms. The molecule has 2 aromatic rings. The van der Waals surface area contributed by atoms with Crippen LogP contribution in [0.4, 0.5) is 10.2 Å². The first-order valence-electron chi connectivity index (χ1n) is 9.28. The van der Waals surface area contributed by atoms with Crippen LogP contribution < -0.4 is 9.64 Å². The third-order valence-electron chi connectivity index (χ3n) is 4.71. The topological polar surface area (TPSA) is 61.7 Å². The number of piperidine rings is 1. The van der Waals surface area contributed by atoms with Gasteiger partial charge in [-0.25, -0.2) is 9.37 Å². The molecular weight excluding hydrogens is 347 g/mol. The van der Waals surface area contributed by atoms with Gasteiger partial charge in [-0.3, -0.25) is 9.88 Å². The first kappa shape index (κ1) is 19.5. The van der Waals surface area contributed by atoms with Crippen LogP contribution in [0.3, 0.4) is 0 Å². The molecule has 0 saturated carbocycles. The van der Waals surface area contributed by atoms with Gasteiger partial charge in [0.05, 0.1) is 11.8 Å². The van der Waals surface area contributed by atoms with Gasteiger partial charge in [0.15, 0.2) is 0 Å². The highest BCUT2D eigenvalue weighted by Gasteiger charge is 2.34. The van der Waals surface area contributed by atoms with E-state index in [-0.39, 0.29) is 6.61 Å². The third kappa shape index (κ3) is 5.61. The summed E-state index contributed by atoms with van der Waals surface area (Å²) in [5.74, 6) is 1.48. The Balaban J connectivity index is 1.55. The first-order chi connectivity index (χ1) is 13.1. The standard InChI is InChI=1S/C20H27FN4O2/c1-24(14-17-3-5-18(6-4-17)27-12-8-21)15-20(26)7-2-11-25(16-20)19-13-22-9-10-23-19/h3-6,9-10,13,26H,2,7-8,11-12,14-16H2,1H3/t20-/m1/s1. The fourth-order valence-corrected chi connectivity index (χ4v) is 3.61. The molecule has 3 rings (SSSR count). The molecular formula is C20H27FN4O2. The van der Waals surface area contributed by atoms with Gasteiger partial charge < -0.3 is 14.7 Å². The maximum absolute atomic E-state index is 12.2. The van der Waals surface area contributed by atoms with Gasteiger partial charge in [0, 0.05) is 38.6 Å².